The van der Waals surface area contributed by atoms with E-state index in [1.807, 2.05) is 18.5 Å². The van der Waals surface area contributed by atoms with E-state index < -0.39 is 5.97 Å². The van der Waals surface area contributed by atoms with Crippen LogP contribution in [-0.4, -0.2) is 25.4 Å². The molecule has 0 radical (unpaired) electrons. The van der Waals surface area contributed by atoms with Gasteiger partial charge >= 0.3 is 5.97 Å². The standard InChI is InChI=1S/C12H14BrN3O2/c1-3-16-10(11(13)8(2)14-16)7-15-6-4-5-9(15)12(17)18/h4-6H,3,7H2,1-2H3,(H,17,18). The average Bonchev–Trinajstić information content (AvgIpc) is 2.89. The lowest BCUT2D eigenvalue weighted by molar-refractivity contribution is 0.0685. The van der Waals surface area contributed by atoms with Gasteiger partial charge in [0.15, 0.2) is 0 Å². The second kappa shape index (κ2) is 4.97. The number of aromatic nitrogens is 3. The lowest BCUT2D eigenvalue weighted by atomic mass is 10.3. The van der Waals surface area contributed by atoms with Crippen molar-refractivity contribution in [3.63, 3.8) is 0 Å². The lowest BCUT2D eigenvalue weighted by Crippen LogP contribution is -2.12. The highest BCUT2D eigenvalue weighted by Crippen LogP contribution is 2.22. The van der Waals surface area contributed by atoms with Gasteiger partial charge in [-0.2, -0.15) is 5.10 Å². The second-order valence-corrected chi connectivity index (χ2v) is 4.78. The number of rotatable bonds is 4. The fraction of sp³-hybridized carbons (Fsp3) is 0.333. The molecular formula is C12H14BrN3O2. The van der Waals surface area contributed by atoms with Gasteiger partial charge in [-0.3, -0.25) is 4.68 Å². The molecule has 6 heteroatoms. The van der Waals surface area contributed by atoms with Crippen LogP contribution in [0.15, 0.2) is 22.8 Å². The summed E-state index contributed by atoms with van der Waals surface area (Å²) in [7, 11) is 0. The maximum absolute atomic E-state index is 11.1. The van der Waals surface area contributed by atoms with Crippen molar-refractivity contribution in [1.82, 2.24) is 14.3 Å². The average molecular weight is 312 g/mol. The number of hydrogen-bond donors (Lipinski definition) is 1. The molecule has 0 aliphatic heterocycles. The molecule has 0 saturated heterocycles. The first-order chi connectivity index (χ1) is 8.54. The molecular weight excluding hydrogens is 298 g/mol. The molecule has 1 N–H and O–H groups in total. The monoisotopic (exact) mass is 311 g/mol. The molecule has 0 aliphatic rings. The summed E-state index contributed by atoms with van der Waals surface area (Å²) in [4.78, 5) is 11.1. The summed E-state index contributed by atoms with van der Waals surface area (Å²) in [5.41, 5.74) is 2.17. The number of aromatic carboxylic acids is 1. The fourth-order valence-corrected chi connectivity index (χ4v) is 2.34. The molecule has 2 heterocycles. The predicted octanol–water partition coefficient (Wildman–Crippen LogP) is 2.52. The van der Waals surface area contributed by atoms with Crippen LogP contribution in [0.25, 0.3) is 0 Å². The zero-order chi connectivity index (χ0) is 13.3. The first-order valence-corrected chi connectivity index (χ1v) is 6.44. The summed E-state index contributed by atoms with van der Waals surface area (Å²) < 4.78 is 4.52. The highest BCUT2D eigenvalue weighted by molar-refractivity contribution is 9.10. The van der Waals surface area contributed by atoms with E-state index in [4.69, 9.17) is 5.11 Å². The smallest absolute Gasteiger partial charge is 0.352 e. The Labute approximate surface area is 113 Å². The van der Waals surface area contributed by atoms with Gasteiger partial charge in [-0.15, -0.1) is 0 Å². The Morgan fingerprint density at radius 1 is 1.56 bits per heavy atom. The minimum atomic E-state index is -0.921. The number of nitrogens with zero attached hydrogens (tertiary/aromatic N) is 3. The maximum atomic E-state index is 11.1. The van der Waals surface area contributed by atoms with E-state index in [0.29, 0.717) is 6.54 Å². The number of aryl methyl sites for hydroxylation is 2. The summed E-state index contributed by atoms with van der Waals surface area (Å²) in [6.45, 7) is 5.18. The molecule has 0 bridgehead atoms. The third kappa shape index (κ3) is 2.20. The van der Waals surface area contributed by atoms with Crippen LogP contribution < -0.4 is 0 Å². The predicted molar refractivity (Wildman–Crippen MR) is 70.8 cm³/mol. The summed E-state index contributed by atoms with van der Waals surface area (Å²) in [6.07, 6.45) is 1.76. The largest absolute Gasteiger partial charge is 0.477 e. The first-order valence-electron chi connectivity index (χ1n) is 5.64. The molecule has 18 heavy (non-hydrogen) atoms. The third-order valence-electron chi connectivity index (χ3n) is 2.82. The van der Waals surface area contributed by atoms with Crippen molar-refractivity contribution in [3.8, 4) is 0 Å². The van der Waals surface area contributed by atoms with Crippen molar-refractivity contribution in [2.45, 2.75) is 26.9 Å². The Bertz CT molecular complexity index is 586. The van der Waals surface area contributed by atoms with Crippen molar-refractivity contribution in [2.24, 2.45) is 0 Å². The molecule has 0 fully saturated rings. The molecule has 2 rings (SSSR count). The van der Waals surface area contributed by atoms with Gasteiger partial charge in [0.05, 0.1) is 22.4 Å². The first kappa shape index (κ1) is 12.9. The molecule has 5 nitrogen and oxygen atoms in total. The molecule has 0 atom stereocenters. The number of carboxylic acid groups (broad SMARTS) is 1. The topological polar surface area (TPSA) is 60.0 Å². The molecule has 0 saturated carbocycles. The van der Waals surface area contributed by atoms with E-state index in [-0.39, 0.29) is 5.69 Å². The summed E-state index contributed by atoms with van der Waals surface area (Å²) >= 11 is 3.51. The van der Waals surface area contributed by atoms with Crippen LogP contribution in [0.4, 0.5) is 0 Å². The van der Waals surface area contributed by atoms with Gasteiger partial charge in [0, 0.05) is 12.7 Å². The third-order valence-corrected chi connectivity index (χ3v) is 3.85. The van der Waals surface area contributed by atoms with Crippen LogP contribution in [0.5, 0.6) is 0 Å². The van der Waals surface area contributed by atoms with E-state index >= 15 is 0 Å². The molecule has 0 unspecified atom stereocenters. The number of carboxylic acids is 1. The number of hydrogen-bond acceptors (Lipinski definition) is 2. The highest BCUT2D eigenvalue weighted by Gasteiger charge is 2.15. The van der Waals surface area contributed by atoms with Gasteiger partial charge < -0.3 is 9.67 Å². The molecule has 96 valence electrons. The van der Waals surface area contributed by atoms with Gasteiger partial charge in [-0.05, 0) is 41.9 Å². The Balaban J connectivity index is 2.39. The van der Waals surface area contributed by atoms with Crippen LogP contribution in [0.3, 0.4) is 0 Å². The van der Waals surface area contributed by atoms with E-state index in [1.165, 1.54) is 0 Å². The Morgan fingerprint density at radius 2 is 2.28 bits per heavy atom. The summed E-state index contributed by atoms with van der Waals surface area (Å²) in [5.74, 6) is -0.921. The molecule has 0 spiro atoms. The van der Waals surface area contributed by atoms with Gasteiger partial charge in [0.2, 0.25) is 0 Å². The van der Waals surface area contributed by atoms with Gasteiger partial charge in [-0.25, -0.2) is 4.79 Å². The van der Waals surface area contributed by atoms with Crippen LogP contribution in [0.1, 0.15) is 28.8 Å². The second-order valence-electron chi connectivity index (χ2n) is 3.99. The lowest BCUT2D eigenvalue weighted by Gasteiger charge is -2.09. The Morgan fingerprint density at radius 3 is 2.89 bits per heavy atom. The van der Waals surface area contributed by atoms with Crippen molar-refractivity contribution in [1.29, 1.82) is 0 Å². The van der Waals surface area contributed by atoms with Gasteiger partial charge in [0.1, 0.15) is 5.69 Å². The molecule has 0 aliphatic carbocycles. The van der Waals surface area contributed by atoms with Crippen molar-refractivity contribution < 1.29 is 9.90 Å². The van der Waals surface area contributed by atoms with Crippen molar-refractivity contribution >= 4 is 21.9 Å². The zero-order valence-corrected chi connectivity index (χ0v) is 11.8. The fourth-order valence-electron chi connectivity index (χ4n) is 1.93. The molecule has 0 amide bonds. The minimum absolute atomic E-state index is 0.281. The van der Waals surface area contributed by atoms with Gasteiger partial charge in [0.25, 0.3) is 0 Å². The SMILES string of the molecule is CCn1nc(C)c(Br)c1Cn1cccc1C(=O)O. The van der Waals surface area contributed by atoms with E-state index in [0.717, 1.165) is 22.4 Å². The minimum Gasteiger partial charge on any atom is -0.477 e. The van der Waals surface area contributed by atoms with Gasteiger partial charge in [-0.1, -0.05) is 0 Å². The molecule has 0 aromatic carbocycles. The summed E-state index contributed by atoms with van der Waals surface area (Å²) in [5, 5.41) is 13.5. The Hall–Kier alpha value is -1.56. The number of carbonyl (C=O) groups is 1. The quantitative estimate of drug-likeness (QED) is 0.944. The van der Waals surface area contributed by atoms with Crippen LogP contribution in [-0.2, 0) is 13.1 Å². The molecule has 2 aromatic rings. The van der Waals surface area contributed by atoms with Crippen molar-refractivity contribution in [3.05, 3.63) is 39.9 Å². The Kier molecular flexibility index (Phi) is 3.56. The van der Waals surface area contributed by atoms with Crippen LogP contribution in [0, 0.1) is 6.92 Å². The maximum Gasteiger partial charge on any atom is 0.352 e. The van der Waals surface area contributed by atoms with E-state index in [9.17, 15) is 4.79 Å². The molecule has 2 aromatic heterocycles. The normalized spacial score (nSPS) is 10.8. The number of halogens is 1. The highest BCUT2D eigenvalue weighted by atomic mass is 79.9. The van der Waals surface area contributed by atoms with Crippen molar-refractivity contribution in [2.75, 3.05) is 0 Å². The van der Waals surface area contributed by atoms with E-state index in [1.54, 1.807) is 22.9 Å². The van der Waals surface area contributed by atoms with Crippen LogP contribution in [0.2, 0.25) is 0 Å². The van der Waals surface area contributed by atoms with E-state index in [2.05, 4.69) is 21.0 Å². The summed E-state index contributed by atoms with van der Waals surface area (Å²) in [6, 6.07) is 3.33. The van der Waals surface area contributed by atoms with Crippen LogP contribution >= 0.6 is 15.9 Å². The zero-order valence-electron chi connectivity index (χ0n) is 10.2.